The van der Waals surface area contributed by atoms with E-state index in [1.807, 2.05) is 59.5 Å². The molecule has 1 saturated heterocycles. The second-order valence-electron chi connectivity index (χ2n) is 7.34. The van der Waals surface area contributed by atoms with Crippen molar-refractivity contribution in [2.24, 2.45) is 5.92 Å². The van der Waals surface area contributed by atoms with E-state index in [1.54, 1.807) is 6.20 Å². The first-order valence-corrected chi connectivity index (χ1v) is 10.1. The standard InChI is InChI=1S/C24H26N4O/c29-24(22-17-26-27-23(22)20-11-5-2-6-12-20)28(18-21-13-7-8-15-25-21)16-14-19-9-3-1-4-10-19/h1-13,15,22-23,26-27H,14,16-18H2. The molecule has 4 rings (SSSR count). The van der Waals surface area contributed by atoms with E-state index in [1.165, 1.54) is 5.56 Å². The summed E-state index contributed by atoms with van der Waals surface area (Å²) >= 11 is 0. The van der Waals surface area contributed by atoms with E-state index in [9.17, 15) is 4.79 Å². The van der Waals surface area contributed by atoms with Gasteiger partial charge in [0.15, 0.2) is 0 Å². The lowest BCUT2D eigenvalue weighted by molar-refractivity contribution is -0.136. The zero-order valence-electron chi connectivity index (χ0n) is 16.4. The van der Waals surface area contributed by atoms with Crippen LogP contribution in [0.3, 0.4) is 0 Å². The number of hydrogen-bond donors (Lipinski definition) is 2. The molecular weight excluding hydrogens is 360 g/mol. The summed E-state index contributed by atoms with van der Waals surface area (Å²) in [6.07, 6.45) is 2.60. The van der Waals surface area contributed by atoms with Crippen LogP contribution in [-0.4, -0.2) is 28.9 Å². The Morgan fingerprint density at radius 3 is 2.41 bits per heavy atom. The highest BCUT2D eigenvalue weighted by Gasteiger charge is 2.36. The number of nitrogens with one attached hydrogen (secondary N) is 2. The number of carbonyl (C=O) groups is 1. The maximum absolute atomic E-state index is 13.6. The normalized spacial score (nSPS) is 18.5. The molecular formula is C24H26N4O. The molecule has 148 valence electrons. The molecule has 1 aliphatic heterocycles. The first-order valence-electron chi connectivity index (χ1n) is 10.1. The number of carbonyl (C=O) groups excluding carboxylic acids is 1. The minimum atomic E-state index is -0.156. The van der Waals surface area contributed by atoms with Crippen molar-refractivity contribution in [3.63, 3.8) is 0 Å². The maximum atomic E-state index is 13.6. The van der Waals surface area contributed by atoms with Crippen LogP contribution in [0.15, 0.2) is 85.1 Å². The SMILES string of the molecule is O=C(C1CNNC1c1ccccc1)N(CCc1ccccc1)Cc1ccccn1. The summed E-state index contributed by atoms with van der Waals surface area (Å²) in [4.78, 5) is 20.0. The topological polar surface area (TPSA) is 57.3 Å². The summed E-state index contributed by atoms with van der Waals surface area (Å²) in [6, 6.07) is 26.3. The van der Waals surface area contributed by atoms with Gasteiger partial charge in [-0.3, -0.25) is 15.2 Å². The Morgan fingerprint density at radius 2 is 1.69 bits per heavy atom. The second kappa shape index (κ2) is 9.45. The summed E-state index contributed by atoms with van der Waals surface area (Å²) in [5.41, 5.74) is 9.72. The predicted octanol–water partition coefficient (Wildman–Crippen LogP) is 3.12. The van der Waals surface area contributed by atoms with E-state index in [0.717, 1.165) is 17.7 Å². The van der Waals surface area contributed by atoms with Gasteiger partial charge in [-0.2, -0.15) is 0 Å². The molecule has 0 aliphatic carbocycles. The highest BCUT2D eigenvalue weighted by Crippen LogP contribution is 2.27. The largest absolute Gasteiger partial charge is 0.336 e. The Labute approximate surface area is 171 Å². The summed E-state index contributed by atoms with van der Waals surface area (Å²) in [6.45, 7) is 1.80. The lowest BCUT2D eigenvalue weighted by Crippen LogP contribution is -2.40. The number of rotatable bonds is 7. The van der Waals surface area contributed by atoms with Gasteiger partial charge in [-0.1, -0.05) is 66.7 Å². The van der Waals surface area contributed by atoms with Gasteiger partial charge in [0.2, 0.25) is 5.91 Å². The number of amides is 1. The number of hydrogen-bond acceptors (Lipinski definition) is 4. The molecule has 0 saturated carbocycles. The van der Waals surface area contributed by atoms with Gasteiger partial charge < -0.3 is 4.90 Å². The maximum Gasteiger partial charge on any atom is 0.229 e. The van der Waals surface area contributed by atoms with Gasteiger partial charge in [0.1, 0.15) is 0 Å². The van der Waals surface area contributed by atoms with Gasteiger partial charge in [-0.05, 0) is 29.7 Å². The smallest absolute Gasteiger partial charge is 0.229 e. The van der Waals surface area contributed by atoms with Crippen LogP contribution in [0.25, 0.3) is 0 Å². The molecule has 2 heterocycles. The summed E-state index contributed by atoms with van der Waals surface area (Å²) in [5, 5.41) is 0. The summed E-state index contributed by atoms with van der Waals surface area (Å²) in [5.74, 6) is -0.00479. The molecule has 29 heavy (non-hydrogen) atoms. The van der Waals surface area contributed by atoms with Crippen molar-refractivity contribution in [2.45, 2.75) is 19.0 Å². The molecule has 5 heteroatoms. The molecule has 0 bridgehead atoms. The van der Waals surface area contributed by atoms with Crippen LogP contribution in [0, 0.1) is 5.92 Å². The Morgan fingerprint density at radius 1 is 0.966 bits per heavy atom. The molecule has 3 aromatic rings. The number of aromatic nitrogens is 1. The number of hydrazine groups is 1. The Bertz CT molecular complexity index is 902. The number of benzene rings is 2. The van der Waals surface area contributed by atoms with Crippen LogP contribution in [0.2, 0.25) is 0 Å². The van der Waals surface area contributed by atoms with Crippen molar-refractivity contribution < 1.29 is 4.79 Å². The quantitative estimate of drug-likeness (QED) is 0.655. The minimum Gasteiger partial charge on any atom is -0.336 e. The van der Waals surface area contributed by atoms with Crippen molar-refractivity contribution in [1.82, 2.24) is 20.7 Å². The Balaban J connectivity index is 1.53. The van der Waals surface area contributed by atoms with E-state index >= 15 is 0 Å². The van der Waals surface area contributed by atoms with Crippen LogP contribution >= 0.6 is 0 Å². The monoisotopic (exact) mass is 386 g/mol. The van der Waals surface area contributed by atoms with Gasteiger partial charge in [-0.25, -0.2) is 5.43 Å². The molecule has 1 aromatic heterocycles. The third-order valence-corrected chi connectivity index (χ3v) is 5.36. The van der Waals surface area contributed by atoms with Crippen molar-refractivity contribution in [1.29, 1.82) is 0 Å². The average molecular weight is 386 g/mol. The lowest BCUT2D eigenvalue weighted by Gasteiger charge is -2.28. The van der Waals surface area contributed by atoms with E-state index in [0.29, 0.717) is 19.6 Å². The molecule has 2 N–H and O–H groups in total. The highest BCUT2D eigenvalue weighted by molar-refractivity contribution is 5.80. The van der Waals surface area contributed by atoms with Gasteiger partial charge in [0.25, 0.3) is 0 Å². The van der Waals surface area contributed by atoms with Gasteiger partial charge in [-0.15, -0.1) is 0 Å². The highest BCUT2D eigenvalue weighted by atomic mass is 16.2. The molecule has 0 spiro atoms. The van der Waals surface area contributed by atoms with E-state index < -0.39 is 0 Å². The molecule has 5 nitrogen and oxygen atoms in total. The van der Waals surface area contributed by atoms with Crippen LogP contribution < -0.4 is 10.9 Å². The first-order chi connectivity index (χ1) is 14.3. The summed E-state index contributed by atoms with van der Waals surface area (Å²) < 4.78 is 0. The van der Waals surface area contributed by atoms with Crippen LogP contribution in [0.4, 0.5) is 0 Å². The molecule has 0 radical (unpaired) electrons. The number of nitrogens with zero attached hydrogens (tertiary/aromatic N) is 2. The second-order valence-corrected chi connectivity index (χ2v) is 7.34. The van der Waals surface area contributed by atoms with Crippen LogP contribution in [0.5, 0.6) is 0 Å². The Hall–Kier alpha value is -3.02. The Kier molecular flexibility index (Phi) is 6.29. The van der Waals surface area contributed by atoms with Crippen molar-refractivity contribution in [3.8, 4) is 0 Å². The zero-order valence-corrected chi connectivity index (χ0v) is 16.4. The van der Waals surface area contributed by atoms with Crippen LogP contribution in [0.1, 0.15) is 22.9 Å². The molecule has 1 amide bonds. The van der Waals surface area contributed by atoms with Gasteiger partial charge in [0, 0.05) is 19.3 Å². The van der Waals surface area contributed by atoms with E-state index in [4.69, 9.17) is 0 Å². The van der Waals surface area contributed by atoms with E-state index in [-0.39, 0.29) is 17.9 Å². The lowest BCUT2D eigenvalue weighted by atomic mass is 9.93. The van der Waals surface area contributed by atoms with Crippen molar-refractivity contribution in [2.75, 3.05) is 13.1 Å². The van der Waals surface area contributed by atoms with Gasteiger partial charge in [0.05, 0.1) is 24.2 Å². The molecule has 1 aliphatic rings. The van der Waals surface area contributed by atoms with E-state index in [2.05, 4.69) is 40.1 Å². The molecule has 2 atom stereocenters. The number of pyridine rings is 1. The van der Waals surface area contributed by atoms with Gasteiger partial charge >= 0.3 is 0 Å². The first kappa shape index (κ1) is 19.3. The average Bonchev–Trinajstić information content (AvgIpc) is 3.28. The molecule has 1 fully saturated rings. The fourth-order valence-electron chi connectivity index (χ4n) is 3.80. The third kappa shape index (κ3) is 4.88. The van der Waals surface area contributed by atoms with Crippen molar-refractivity contribution >= 4 is 5.91 Å². The zero-order chi connectivity index (χ0) is 19.9. The minimum absolute atomic E-state index is 0.0355. The van der Waals surface area contributed by atoms with Crippen LogP contribution in [-0.2, 0) is 17.8 Å². The molecule has 2 aromatic carbocycles. The predicted molar refractivity (Wildman–Crippen MR) is 114 cm³/mol. The third-order valence-electron chi connectivity index (χ3n) is 5.36. The summed E-state index contributed by atoms with van der Waals surface area (Å²) in [7, 11) is 0. The molecule has 2 unspecified atom stereocenters. The van der Waals surface area contributed by atoms with Crippen molar-refractivity contribution in [3.05, 3.63) is 102 Å². The fraction of sp³-hybridized carbons (Fsp3) is 0.250. The fourth-order valence-corrected chi connectivity index (χ4v) is 3.80.